The van der Waals surface area contributed by atoms with E-state index in [-0.39, 0.29) is 17.9 Å². The predicted molar refractivity (Wildman–Crippen MR) is 187 cm³/mol. The number of hydrogen-bond acceptors (Lipinski definition) is 2. The van der Waals surface area contributed by atoms with Crippen LogP contribution in [0.25, 0.3) is 0 Å². The summed E-state index contributed by atoms with van der Waals surface area (Å²) in [5, 5.41) is 11.4. The van der Waals surface area contributed by atoms with Crippen molar-refractivity contribution in [2.45, 2.75) is 127 Å². The van der Waals surface area contributed by atoms with Crippen LogP contribution in [0.2, 0.25) is 0 Å². The topological polar surface area (TPSA) is 29.5 Å². The number of aliphatic hydroxyl groups is 1. The average Bonchev–Trinajstić information content (AvgIpc) is 3.02. The van der Waals surface area contributed by atoms with Gasteiger partial charge in [0.2, 0.25) is 0 Å². The minimum Gasteiger partial charge on any atom is -0.390 e. The maximum atomic E-state index is 11.4. The molecule has 238 valence electrons. The molecule has 0 saturated carbocycles. The molecule has 0 aliphatic heterocycles. The monoisotopic (exact) mass is 571 g/mol. The molecule has 1 N–H and O–H groups in total. The molecule has 1 rings (SSSR count). The fourth-order valence-electron chi connectivity index (χ4n) is 4.86. The molecular weight excluding hydrogens is 500 g/mol. The Morgan fingerprint density at radius 1 is 0.878 bits per heavy atom. The Bertz CT molecular complexity index is 778. The summed E-state index contributed by atoms with van der Waals surface area (Å²) in [7, 11) is 1.68. The molecule has 5 unspecified atom stereocenters. The molecule has 0 spiro atoms. The van der Waals surface area contributed by atoms with Crippen molar-refractivity contribution < 1.29 is 9.84 Å². The van der Waals surface area contributed by atoms with Crippen molar-refractivity contribution in [2.24, 2.45) is 29.6 Å². The highest BCUT2D eigenvalue weighted by Gasteiger charge is 2.32. The van der Waals surface area contributed by atoms with Gasteiger partial charge in [-0.3, -0.25) is 0 Å². The summed E-state index contributed by atoms with van der Waals surface area (Å²) in [5.41, 5.74) is 3.63. The normalized spacial score (nSPS) is 15.6. The summed E-state index contributed by atoms with van der Waals surface area (Å²) in [6, 6.07) is 10.0. The van der Waals surface area contributed by atoms with Gasteiger partial charge in [-0.2, -0.15) is 0 Å². The number of hydrogen-bond donors (Lipinski definition) is 1. The van der Waals surface area contributed by atoms with E-state index in [4.69, 9.17) is 4.74 Å². The summed E-state index contributed by atoms with van der Waals surface area (Å²) in [6.45, 7) is 36.1. The zero-order valence-electron chi connectivity index (χ0n) is 29.4. The largest absolute Gasteiger partial charge is 0.390 e. The molecule has 1 aromatic rings. The Hall–Kier alpha value is -1.90. The lowest BCUT2D eigenvalue weighted by Gasteiger charge is -2.34. The molecule has 0 amide bonds. The van der Waals surface area contributed by atoms with Crippen LogP contribution in [0.4, 0.5) is 0 Å². The maximum absolute atomic E-state index is 11.4. The van der Waals surface area contributed by atoms with Crippen LogP contribution in [-0.2, 0) is 4.74 Å². The van der Waals surface area contributed by atoms with E-state index in [0.29, 0.717) is 17.8 Å². The number of aliphatic hydroxyl groups excluding tert-OH is 1. The summed E-state index contributed by atoms with van der Waals surface area (Å²) in [5.74, 6) is 1.90. The van der Waals surface area contributed by atoms with Crippen molar-refractivity contribution in [3.05, 3.63) is 85.0 Å². The molecule has 0 fully saturated rings. The molecule has 0 aliphatic carbocycles. The Morgan fingerprint density at radius 3 is 1.90 bits per heavy atom. The van der Waals surface area contributed by atoms with Gasteiger partial charge in [-0.1, -0.05) is 162 Å². The Labute approximate surface area is 258 Å². The third-order valence-corrected chi connectivity index (χ3v) is 7.99. The molecule has 2 nitrogen and oxygen atoms in total. The lowest BCUT2D eigenvalue weighted by Crippen LogP contribution is -2.32. The molecular formula is C39H70O2. The SMILES string of the molecule is C=C/C=C/C[C@H](CC(=C)C(CC(=C)C(C)CC)CC(C)CC)C(C)C(O)[C@@H](OC)c1ccccc1.CC.CC.CC. The zero-order valence-corrected chi connectivity index (χ0v) is 29.4. The van der Waals surface area contributed by atoms with E-state index in [1.165, 1.54) is 17.6 Å². The molecule has 0 saturated heterocycles. The quantitative estimate of drug-likeness (QED) is 0.140. The van der Waals surface area contributed by atoms with Crippen molar-refractivity contribution in [3.63, 3.8) is 0 Å². The van der Waals surface area contributed by atoms with Crippen LogP contribution >= 0.6 is 0 Å². The molecule has 0 bridgehead atoms. The van der Waals surface area contributed by atoms with Gasteiger partial charge in [-0.05, 0) is 67.3 Å². The molecule has 0 aromatic heterocycles. The lowest BCUT2D eigenvalue weighted by atomic mass is 9.74. The van der Waals surface area contributed by atoms with Crippen molar-refractivity contribution in [1.82, 2.24) is 0 Å². The van der Waals surface area contributed by atoms with Crippen LogP contribution in [-0.4, -0.2) is 18.3 Å². The second-order valence-corrected chi connectivity index (χ2v) is 10.6. The van der Waals surface area contributed by atoms with Gasteiger partial charge in [-0.25, -0.2) is 0 Å². The molecule has 41 heavy (non-hydrogen) atoms. The summed E-state index contributed by atoms with van der Waals surface area (Å²) >= 11 is 0. The van der Waals surface area contributed by atoms with Gasteiger partial charge < -0.3 is 9.84 Å². The van der Waals surface area contributed by atoms with Crippen LogP contribution < -0.4 is 0 Å². The van der Waals surface area contributed by atoms with E-state index >= 15 is 0 Å². The first-order valence-electron chi connectivity index (χ1n) is 16.6. The standard InChI is InChI=1S/C33H52O2.3C2H6/c1-10-13-15-20-30(28(8)32(34)33(35-9)29-18-16-14-17-19-29)23-27(7)31(21-24(4)11-2)22-26(6)25(5)12-3;3*1-2/h10,13-19,24-25,28,30-34H,1,6-7,11-12,20-23H2,2-5,8-9H3;3*1-2H3/b15-13+;;;/t24?,25?,28?,30-,31?,32?,33+;;;/m1.../s1. The maximum Gasteiger partial charge on any atom is 0.108 e. The molecule has 1 aromatic carbocycles. The highest BCUT2D eigenvalue weighted by molar-refractivity contribution is 5.19. The Balaban J connectivity index is -0.00000225. The van der Waals surface area contributed by atoms with Crippen LogP contribution in [0.1, 0.15) is 126 Å². The fraction of sp³-hybridized carbons (Fsp3) is 0.641. The van der Waals surface area contributed by atoms with E-state index < -0.39 is 6.10 Å². The van der Waals surface area contributed by atoms with E-state index in [2.05, 4.69) is 60.4 Å². The molecule has 0 radical (unpaired) electrons. The smallest absolute Gasteiger partial charge is 0.108 e. The Kier molecular flexibility index (Phi) is 30.0. The van der Waals surface area contributed by atoms with Crippen LogP contribution in [0, 0.1) is 29.6 Å². The van der Waals surface area contributed by atoms with Gasteiger partial charge in [0.05, 0.1) is 6.10 Å². The van der Waals surface area contributed by atoms with E-state index in [9.17, 15) is 5.11 Å². The zero-order chi connectivity index (χ0) is 32.4. The molecule has 0 aliphatic rings. The van der Waals surface area contributed by atoms with Crippen LogP contribution in [0.3, 0.4) is 0 Å². The predicted octanol–water partition coefficient (Wildman–Crippen LogP) is 12.2. The summed E-state index contributed by atoms with van der Waals surface area (Å²) in [6.07, 6.45) is 11.2. The lowest BCUT2D eigenvalue weighted by molar-refractivity contribution is -0.0526. The second kappa shape index (κ2) is 28.2. The Morgan fingerprint density at radius 2 is 1.44 bits per heavy atom. The van der Waals surface area contributed by atoms with Crippen LogP contribution in [0.5, 0.6) is 0 Å². The number of ether oxygens (including phenoxy) is 1. The summed E-state index contributed by atoms with van der Waals surface area (Å²) in [4.78, 5) is 0. The van der Waals surface area contributed by atoms with Crippen molar-refractivity contribution in [3.8, 4) is 0 Å². The number of benzene rings is 1. The van der Waals surface area contributed by atoms with Gasteiger partial charge in [-0.15, -0.1) is 0 Å². The van der Waals surface area contributed by atoms with Crippen molar-refractivity contribution >= 4 is 0 Å². The van der Waals surface area contributed by atoms with Gasteiger partial charge in [0.15, 0.2) is 0 Å². The first kappa shape index (κ1) is 43.6. The third-order valence-electron chi connectivity index (χ3n) is 7.99. The second-order valence-electron chi connectivity index (χ2n) is 10.6. The third kappa shape index (κ3) is 17.6. The first-order valence-corrected chi connectivity index (χ1v) is 16.6. The van der Waals surface area contributed by atoms with Gasteiger partial charge in [0.25, 0.3) is 0 Å². The molecule has 2 heteroatoms. The van der Waals surface area contributed by atoms with Crippen molar-refractivity contribution in [2.75, 3.05) is 7.11 Å². The summed E-state index contributed by atoms with van der Waals surface area (Å²) < 4.78 is 5.79. The first-order chi connectivity index (χ1) is 19.7. The fourth-order valence-corrected chi connectivity index (χ4v) is 4.86. The van der Waals surface area contributed by atoms with Crippen molar-refractivity contribution in [1.29, 1.82) is 0 Å². The average molecular weight is 571 g/mol. The van der Waals surface area contributed by atoms with E-state index in [1.54, 1.807) is 7.11 Å². The molecule has 0 heterocycles. The molecule has 7 atom stereocenters. The van der Waals surface area contributed by atoms with Gasteiger partial charge >= 0.3 is 0 Å². The van der Waals surface area contributed by atoms with Crippen LogP contribution in [0.15, 0.2) is 79.4 Å². The van der Waals surface area contributed by atoms with Gasteiger partial charge in [0, 0.05) is 7.11 Å². The van der Waals surface area contributed by atoms with Gasteiger partial charge in [0.1, 0.15) is 6.10 Å². The highest BCUT2D eigenvalue weighted by atomic mass is 16.5. The number of rotatable bonds is 18. The minimum absolute atomic E-state index is 0.0355. The highest BCUT2D eigenvalue weighted by Crippen LogP contribution is 2.38. The minimum atomic E-state index is -0.611. The number of allylic oxidation sites excluding steroid dienone is 5. The number of methoxy groups -OCH3 is 1. The van der Waals surface area contributed by atoms with E-state index in [1.807, 2.05) is 84.0 Å². The van der Waals surface area contributed by atoms with E-state index in [0.717, 1.165) is 37.7 Å².